The van der Waals surface area contributed by atoms with Crippen LogP contribution in [0.5, 0.6) is 5.75 Å². The zero-order chi connectivity index (χ0) is 33.2. The highest BCUT2D eigenvalue weighted by molar-refractivity contribution is 7.92. The normalized spacial score (nSPS) is 15.5. The number of piperazine rings is 1. The van der Waals surface area contributed by atoms with E-state index in [4.69, 9.17) is 4.74 Å². The largest absolute Gasteiger partial charge is 0.494 e. The van der Waals surface area contributed by atoms with Gasteiger partial charge in [0.25, 0.3) is 11.8 Å². The van der Waals surface area contributed by atoms with E-state index in [1.54, 1.807) is 29.2 Å². The van der Waals surface area contributed by atoms with Crippen LogP contribution >= 0.6 is 11.3 Å². The summed E-state index contributed by atoms with van der Waals surface area (Å²) in [5.41, 5.74) is 1.41. The number of amides is 3. The molecule has 2 aromatic heterocycles. The molecule has 5 rings (SSSR count). The van der Waals surface area contributed by atoms with Crippen LogP contribution in [0.3, 0.4) is 0 Å². The number of benzene rings is 1. The minimum atomic E-state index is -3.54. The van der Waals surface area contributed by atoms with Crippen molar-refractivity contribution in [1.29, 1.82) is 0 Å². The van der Waals surface area contributed by atoms with Gasteiger partial charge in [-0.05, 0) is 30.2 Å². The number of carbonyl (C=O) groups is 3. The predicted molar refractivity (Wildman–Crippen MR) is 183 cm³/mol. The van der Waals surface area contributed by atoms with Crippen molar-refractivity contribution >= 4 is 79.8 Å². The van der Waals surface area contributed by atoms with Crippen LogP contribution in [0.1, 0.15) is 33.0 Å². The highest BCUT2D eigenvalue weighted by Gasteiger charge is 2.31. The van der Waals surface area contributed by atoms with E-state index in [9.17, 15) is 22.8 Å². The van der Waals surface area contributed by atoms with Gasteiger partial charge in [0.1, 0.15) is 33.4 Å². The van der Waals surface area contributed by atoms with Crippen molar-refractivity contribution in [2.24, 2.45) is 5.92 Å². The third kappa shape index (κ3) is 7.59. The van der Waals surface area contributed by atoms with E-state index in [2.05, 4.69) is 37.7 Å². The summed E-state index contributed by atoms with van der Waals surface area (Å²) in [6, 6.07) is 6.89. The van der Waals surface area contributed by atoms with Crippen molar-refractivity contribution in [2.45, 2.75) is 18.1 Å². The molecule has 46 heavy (non-hydrogen) atoms. The second-order valence-electron chi connectivity index (χ2n) is 11.9. The standard InChI is InChI=1S/C27H33B3N8O6S2/c1-3-46(42,43)38-11-9-37(10-12-38)26(41)19-14-31-25(45-19)16-5-4-6-17(22(16)44-2)32-18-13-20(33-23(39)15-7-8-15)35-36-21(18)24(40)34-27(28,29)30/h3-6,13-15H,1,7-12,28-30H2,2H3,(H,34,40)(H2,32,33,35,39). The highest BCUT2D eigenvalue weighted by atomic mass is 32.2. The van der Waals surface area contributed by atoms with Gasteiger partial charge in [0.15, 0.2) is 17.3 Å². The molecule has 3 N–H and O–H groups in total. The number of ether oxygens (including phenoxy) is 1. The molecule has 2 fully saturated rings. The second-order valence-corrected chi connectivity index (χ2v) is 14.8. The second kappa shape index (κ2) is 13.3. The minimum Gasteiger partial charge on any atom is -0.494 e. The molecule has 0 unspecified atom stereocenters. The van der Waals surface area contributed by atoms with Gasteiger partial charge in [-0.1, -0.05) is 12.6 Å². The molecule has 1 aliphatic heterocycles. The SMILES string of the molecule is BC(B)(B)NC(=O)c1nnc(NC(=O)C2CC2)cc1Nc1cccc(-c2ncc(C(=O)N3CCN(S(=O)(=O)C=C)CC3)s2)c1OC. The van der Waals surface area contributed by atoms with Crippen LogP contribution in [0.4, 0.5) is 17.2 Å². The van der Waals surface area contributed by atoms with Gasteiger partial charge in [-0.2, -0.15) is 4.31 Å². The maximum absolute atomic E-state index is 13.3. The molecule has 1 aromatic carbocycles. The summed E-state index contributed by atoms with van der Waals surface area (Å²) in [6.45, 7) is 4.21. The fourth-order valence-corrected chi connectivity index (χ4v) is 6.55. The Morgan fingerprint density at radius 1 is 1.11 bits per heavy atom. The Bertz CT molecular complexity index is 1790. The molecule has 3 amide bonds. The molecule has 14 nitrogen and oxygen atoms in total. The van der Waals surface area contributed by atoms with E-state index in [1.807, 2.05) is 23.5 Å². The van der Waals surface area contributed by atoms with Crippen molar-refractivity contribution in [3.05, 3.63) is 53.0 Å². The molecule has 0 bridgehead atoms. The Labute approximate surface area is 273 Å². The zero-order valence-corrected chi connectivity index (χ0v) is 27.6. The molecular formula is C27H33B3N8O6S2. The Morgan fingerprint density at radius 3 is 2.46 bits per heavy atom. The van der Waals surface area contributed by atoms with Crippen LogP contribution in [-0.4, -0.2) is 113 Å². The number of sulfonamides is 1. The Balaban J connectivity index is 1.40. The van der Waals surface area contributed by atoms with Crippen molar-refractivity contribution in [3.8, 4) is 16.3 Å². The summed E-state index contributed by atoms with van der Waals surface area (Å²) in [4.78, 5) is 45.4. The van der Waals surface area contributed by atoms with Gasteiger partial charge in [0.05, 0.1) is 30.2 Å². The Morgan fingerprint density at radius 2 is 1.83 bits per heavy atom. The van der Waals surface area contributed by atoms with Crippen LogP contribution < -0.4 is 20.7 Å². The molecule has 0 atom stereocenters. The predicted octanol–water partition coefficient (Wildman–Crippen LogP) is -0.828. The third-order valence-corrected chi connectivity index (χ3v) is 9.75. The average Bonchev–Trinajstić information content (AvgIpc) is 3.76. The number of nitrogens with zero attached hydrogens (tertiary/aromatic N) is 5. The molecule has 0 spiro atoms. The lowest BCUT2D eigenvalue weighted by molar-refractivity contribution is -0.117. The van der Waals surface area contributed by atoms with Crippen molar-refractivity contribution < 1.29 is 27.5 Å². The molecule has 0 radical (unpaired) electrons. The number of rotatable bonds is 11. The number of para-hydroxylation sites is 1. The summed E-state index contributed by atoms with van der Waals surface area (Å²) >= 11 is 1.18. The van der Waals surface area contributed by atoms with Crippen LogP contribution in [0.25, 0.3) is 10.6 Å². The van der Waals surface area contributed by atoms with Gasteiger partial charge in [-0.3, -0.25) is 14.4 Å². The maximum atomic E-state index is 13.3. The third-order valence-electron chi connectivity index (χ3n) is 7.23. The fourth-order valence-electron chi connectivity index (χ4n) is 4.76. The van der Waals surface area contributed by atoms with E-state index in [1.165, 1.54) is 28.9 Å². The topological polar surface area (TPSA) is 176 Å². The number of hydrogen-bond donors (Lipinski definition) is 3. The summed E-state index contributed by atoms with van der Waals surface area (Å²) in [6.07, 6.45) is 3.13. The number of thiazole rings is 1. The summed E-state index contributed by atoms with van der Waals surface area (Å²) in [5.74, 6) is -0.291. The Hall–Kier alpha value is -4.22. The molecule has 3 aromatic rings. The molecular weight excluding hydrogens is 629 g/mol. The van der Waals surface area contributed by atoms with E-state index in [0.29, 0.717) is 32.6 Å². The van der Waals surface area contributed by atoms with Crippen molar-refractivity contribution in [3.63, 3.8) is 0 Å². The van der Waals surface area contributed by atoms with Gasteiger partial charge in [0.2, 0.25) is 15.9 Å². The minimum absolute atomic E-state index is 0.0231. The van der Waals surface area contributed by atoms with Gasteiger partial charge >= 0.3 is 0 Å². The summed E-state index contributed by atoms with van der Waals surface area (Å²) < 4.78 is 31.3. The molecule has 1 aliphatic carbocycles. The van der Waals surface area contributed by atoms with Crippen molar-refractivity contribution in [1.82, 2.24) is 29.7 Å². The van der Waals surface area contributed by atoms with E-state index < -0.39 is 21.2 Å². The smallest absolute Gasteiger partial charge is 0.272 e. The number of methoxy groups -OCH3 is 1. The van der Waals surface area contributed by atoms with Crippen LogP contribution in [0, 0.1) is 5.92 Å². The first-order valence-electron chi connectivity index (χ1n) is 14.6. The van der Waals surface area contributed by atoms with Gasteiger partial charge in [-0.15, -0.1) is 21.5 Å². The monoisotopic (exact) mass is 662 g/mol. The molecule has 3 heterocycles. The van der Waals surface area contributed by atoms with E-state index in [0.717, 1.165) is 18.2 Å². The number of hydrogen-bond acceptors (Lipinski definition) is 11. The summed E-state index contributed by atoms with van der Waals surface area (Å²) in [5, 5.41) is 18.0. The molecule has 2 aliphatic rings. The lowest BCUT2D eigenvalue weighted by Gasteiger charge is -2.32. The number of nitrogens with one attached hydrogen (secondary N) is 3. The molecule has 1 saturated carbocycles. The first kappa shape index (κ1) is 33.2. The van der Waals surface area contributed by atoms with Gasteiger partial charge in [-0.25, -0.2) is 13.4 Å². The number of carbonyl (C=O) groups excluding carboxylic acids is 3. The number of anilines is 3. The average molecular weight is 662 g/mol. The highest BCUT2D eigenvalue weighted by Crippen LogP contribution is 2.40. The number of aromatic nitrogens is 3. The van der Waals surface area contributed by atoms with Crippen LogP contribution in [-0.2, 0) is 14.8 Å². The van der Waals surface area contributed by atoms with Gasteiger partial charge < -0.3 is 25.6 Å². The fraction of sp³-hybridized carbons (Fsp3) is 0.333. The Kier molecular flexibility index (Phi) is 9.55. The first-order chi connectivity index (χ1) is 21.8. The first-order valence-corrected chi connectivity index (χ1v) is 16.9. The maximum Gasteiger partial charge on any atom is 0.272 e. The van der Waals surface area contributed by atoms with Crippen molar-refractivity contribution in [2.75, 3.05) is 43.9 Å². The lowest BCUT2D eigenvalue weighted by atomic mass is 9.49. The molecule has 19 heteroatoms. The quantitative estimate of drug-likeness (QED) is 0.220. The van der Waals surface area contributed by atoms with Crippen LogP contribution in [0.2, 0.25) is 0 Å². The summed E-state index contributed by atoms with van der Waals surface area (Å²) in [7, 11) is 3.50. The lowest BCUT2D eigenvalue weighted by Crippen LogP contribution is -2.50. The van der Waals surface area contributed by atoms with Gasteiger partial charge in [0, 0.05) is 43.6 Å². The zero-order valence-electron chi connectivity index (χ0n) is 26.0. The van der Waals surface area contributed by atoms with E-state index in [-0.39, 0.29) is 55.4 Å². The van der Waals surface area contributed by atoms with Crippen LogP contribution in [0.15, 0.2) is 42.4 Å². The van der Waals surface area contributed by atoms with E-state index >= 15 is 0 Å². The molecule has 1 saturated heterocycles. The molecule has 238 valence electrons.